The second-order valence-electron chi connectivity index (χ2n) is 5.68. The number of aryl methyl sites for hydroxylation is 2. The van der Waals surface area contributed by atoms with Crippen LogP contribution in [0.4, 0.5) is 0 Å². The van der Waals surface area contributed by atoms with Crippen LogP contribution in [-0.2, 0) is 16.4 Å². The van der Waals surface area contributed by atoms with E-state index < -0.39 is 10.0 Å². The van der Waals surface area contributed by atoms with Gasteiger partial charge in [0.15, 0.2) is 0 Å². The van der Waals surface area contributed by atoms with Gasteiger partial charge in [0.05, 0.1) is 24.0 Å². The molecule has 0 unspecified atom stereocenters. The van der Waals surface area contributed by atoms with E-state index in [1.807, 2.05) is 33.8 Å². The van der Waals surface area contributed by atoms with Crippen molar-refractivity contribution in [1.29, 1.82) is 0 Å². The molecule has 0 saturated carbocycles. The number of furan rings is 1. The summed E-state index contributed by atoms with van der Waals surface area (Å²) in [6, 6.07) is 4.89. The predicted octanol–water partition coefficient (Wildman–Crippen LogP) is 3.20. The first-order chi connectivity index (χ1) is 10.8. The summed E-state index contributed by atoms with van der Waals surface area (Å²) < 4.78 is 38.4. The summed E-state index contributed by atoms with van der Waals surface area (Å²) in [5.74, 6) is 0.748. The molecule has 0 aliphatic heterocycles. The van der Waals surface area contributed by atoms with Crippen molar-refractivity contribution in [2.45, 2.75) is 45.1 Å². The van der Waals surface area contributed by atoms with Crippen molar-refractivity contribution in [2.75, 3.05) is 6.61 Å². The number of nitrogens with one attached hydrogen (secondary N) is 1. The van der Waals surface area contributed by atoms with Crippen molar-refractivity contribution in [3.63, 3.8) is 0 Å². The molecule has 1 N–H and O–H groups in total. The molecule has 1 aromatic heterocycles. The Morgan fingerprint density at radius 3 is 2.43 bits per heavy atom. The van der Waals surface area contributed by atoms with Gasteiger partial charge in [0.1, 0.15) is 5.75 Å². The van der Waals surface area contributed by atoms with Crippen molar-refractivity contribution in [2.24, 2.45) is 0 Å². The molecular weight excluding hydrogens is 314 g/mol. The van der Waals surface area contributed by atoms with Gasteiger partial charge in [-0.3, -0.25) is 0 Å². The lowest BCUT2D eigenvalue weighted by molar-refractivity contribution is 0.335. The molecule has 126 valence electrons. The standard InChI is InChI=1S/C17H23NO4S/c1-5-22-17-12(2)8-16(9-13(17)3)23(19,20)18-14(4)10-15-6-7-21-11-15/h6-9,11,14,18H,5,10H2,1-4H3/t14-/m1/s1. The van der Waals surface area contributed by atoms with Crippen LogP contribution in [0.2, 0.25) is 0 Å². The number of hydrogen-bond acceptors (Lipinski definition) is 4. The summed E-state index contributed by atoms with van der Waals surface area (Å²) >= 11 is 0. The monoisotopic (exact) mass is 337 g/mol. The van der Waals surface area contributed by atoms with Gasteiger partial charge in [-0.05, 0) is 69.0 Å². The van der Waals surface area contributed by atoms with Gasteiger partial charge in [0, 0.05) is 6.04 Å². The predicted molar refractivity (Wildman–Crippen MR) is 89.3 cm³/mol. The molecule has 0 amide bonds. The van der Waals surface area contributed by atoms with Crippen LogP contribution >= 0.6 is 0 Å². The van der Waals surface area contributed by atoms with Crippen LogP contribution in [0.15, 0.2) is 40.0 Å². The fourth-order valence-corrected chi connectivity index (χ4v) is 3.99. The molecule has 0 fully saturated rings. The zero-order valence-electron chi connectivity index (χ0n) is 13.9. The Kier molecular flexibility index (Phi) is 5.49. The average molecular weight is 337 g/mol. The van der Waals surface area contributed by atoms with Gasteiger partial charge in [-0.2, -0.15) is 0 Å². The highest BCUT2D eigenvalue weighted by Gasteiger charge is 2.20. The van der Waals surface area contributed by atoms with E-state index in [1.54, 1.807) is 24.7 Å². The highest BCUT2D eigenvalue weighted by molar-refractivity contribution is 7.89. The van der Waals surface area contributed by atoms with E-state index in [-0.39, 0.29) is 10.9 Å². The van der Waals surface area contributed by atoms with Crippen LogP contribution < -0.4 is 9.46 Å². The van der Waals surface area contributed by atoms with E-state index >= 15 is 0 Å². The van der Waals surface area contributed by atoms with Crippen LogP contribution in [0.25, 0.3) is 0 Å². The molecule has 0 spiro atoms. The first kappa shape index (κ1) is 17.6. The van der Waals surface area contributed by atoms with Crippen molar-refractivity contribution >= 4 is 10.0 Å². The van der Waals surface area contributed by atoms with Gasteiger partial charge in [-0.15, -0.1) is 0 Å². The minimum absolute atomic E-state index is 0.232. The molecule has 6 heteroatoms. The van der Waals surface area contributed by atoms with Gasteiger partial charge < -0.3 is 9.15 Å². The molecule has 0 bridgehead atoms. The van der Waals surface area contributed by atoms with Crippen molar-refractivity contribution < 1.29 is 17.6 Å². The molecule has 2 rings (SSSR count). The third kappa shape index (κ3) is 4.36. The molecule has 23 heavy (non-hydrogen) atoms. The van der Waals surface area contributed by atoms with E-state index in [2.05, 4.69) is 4.72 Å². The fraction of sp³-hybridized carbons (Fsp3) is 0.412. The maximum absolute atomic E-state index is 12.6. The van der Waals surface area contributed by atoms with Gasteiger partial charge in [0.25, 0.3) is 0 Å². The summed E-state index contributed by atoms with van der Waals surface area (Å²) in [5, 5.41) is 0. The lowest BCUT2D eigenvalue weighted by Gasteiger charge is -2.16. The fourth-order valence-electron chi connectivity index (χ4n) is 2.57. The second-order valence-corrected chi connectivity index (χ2v) is 7.39. The molecule has 1 atom stereocenters. The smallest absolute Gasteiger partial charge is 0.240 e. The number of ether oxygens (including phenoxy) is 1. The summed E-state index contributed by atoms with van der Waals surface area (Å²) in [6.07, 6.45) is 3.77. The minimum atomic E-state index is -3.58. The quantitative estimate of drug-likeness (QED) is 0.842. The molecule has 1 heterocycles. The van der Waals surface area contributed by atoms with E-state index in [9.17, 15) is 8.42 Å². The topological polar surface area (TPSA) is 68.5 Å². The molecule has 0 radical (unpaired) electrons. The summed E-state index contributed by atoms with van der Waals surface area (Å²) in [4.78, 5) is 0.259. The molecule has 2 aromatic rings. The third-order valence-corrected chi connectivity index (χ3v) is 5.08. The normalized spacial score (nSPS) is 13.0. The van der Waals surface area contributed by atoms with Crippen LogP contribution in [-0.4, -0.2) is 21.1 Å². The number of sulfonamides is 1. The summed E-state index contributed by atoms with van der Waals surface area (Å²) in [5.41, 5.74) is 2.59. The Balaban J connectivity index is 2.19. The molecule has 0 saturated heterocycles. The average Bonchev–Trinajstić information content (AvgIpc) is 2.94. The zero-order valence-corrected chi connectivity index (χ0v) is 14.7. The lowest BCUT2D eigenvalue weighted by Crippen LogP contribution is -2.34. The molecular formula is C17H23NO4S. The van der Waals surface area contributed by atoms with Gasteiger partial charge in [-0.25, -0.2) is 13.1 Å². The van der Waals surface area contributed by atoms with Crippen molar-refractivity contribution in [1.82, 2.24) is 4.72 Å². The first-order valence-corrected chi connectivity index (χ1v) is 9.09. The largest absolute Gasteiger partial charge is 0.493 e. The van der Waals surface area contributed by atoms with E-state index in [1.165, 1.54) is 0 Å². The Hall–Kier alpha value is -1.79. The molecule has 0 aliphatic rings. The van der Waals surface area contributed by atoms with Crippen molar-refractivity contribution in [3.05, 3.63) is 47.4 Å². The maximum Gasteiger partial charge on any atom is 0.240 e. The van der Waals surface area contributed by atoms with Crippen LogP contribution in [0, 0.1) is 13.8 Å². The zero-order chi connectivity index (χ0) is 17.0. The molecule has 0 aliphatic carbocycles. The minimum Gasteiger partial charge on any atom is -0.493 e. The van der Waals surface area contributed by atoms with Crippen LogP contribution in [0.1, 0.15) is 30.5 Å². The van der Waals surface area contributed by atoms with E-state index in [0.717, 1.165) is 22.4 Å². The van der Waals surface area contributed by atoms with Crippen LogP contribution in [0.5, 0.6) is 5.75 Å². The Labute approximate surface area is 137 Å². The third-order valence-electron chi connectivity index (χ3n) is 3.51. The summed E-state index contributed by atoms with van der Waals surface area (Å²) in [6.45, 7) is 7.99. The number of rotatable bonds is 7. The SMILES string of the molecule is CCOc1c(C)cc(S(=O)(=O)N[C@H](C)Cc2ccoc2)cc1C. The highest BCUT2D eigenvalue weighted by Crippen LogP contribution is 2.27. The van der Waals surface area contributed by atoms with E-state index in [0.29, 0.717) is 13.0 Å². The number of hydrogen-bond donors (Lipinski definition) is 1. The van der Waals surface area contributed by atoms with Crippen molar-refractivity contribution in [3.8, 4) is 5.75 Å². The first-order valence-electron chi connectivity index (χ1n) is 7.61. The van der Waals surface area contributed by atoms with Gasteiger partial charge >= 0.3 is 0 Å². The maximum atomic E-state index is 12.6. The van der Waals surface area contributed by atoms with Crippen LogP contribution in [0.3, 0.4) is 0 Å². The Morgan fingerprint density at radius 1 is 1.26 bits per heavy atom. The highest BCUT2D eigenvalue weighted by atomic mass is 32.2. The Morgan fingerprint density at radius 2 is 1.91 bits per heavy atom. The van der Waals surface area contributed by atoms with Gasteiger partial charge in [-0.1, -0.05) is 0 Å². The Bertz CT molecular complexity index is 728. The summed E-state index contributed by atoms with van der Waals surface area (Å²) in [7, 11) is -3.58. The second kappa shape index (κ2) is 7.19. The molecule has 1 aromatic carbocycles. The van der Waals surface area contributed by atoms with E-state index in [4.69, 9.17) is 9.15 Å². The number of benzene rings is 1. The van der Waals surface area contributed by atoms with Gasteiger partial charge in [0.2, 0.25) is 10.0 Å². The molecule has 5 nitrogen and oxygen atoms in total. The lowest BCUT2D eigenvalue weighted by atomic mass is 10.1.